The van der Waals surface area contributed by atoms with E-state index in [0.717, 1.165) is 12.8 Å². The Morgan fingerprint density at radius 1 is 1.60 bits per heavy atom. The average Bonchev–Trinajstić information content (AvgIpc) is 2.23. The highest BCUT2D eigenvalue weighted by Crippen LogP contribution is 2.12. The van der Waals surface area contributed by atoms with E-state index in [2.05, 4.69) is 12.2 Å². The maximum absolute atomic E-state index is 10.9. The van der Waals surface area contributed by atoms with Crippen LogP contribution in [0.2, 0.25) is 0 Å². The molecular formula is C11H23NO3. The van der Waals surface area contributed by atoms with Crippen LogP contribution in [0.15, 0.2) is 0 Å². The number of carboxylic acid groups (broad SMARTS) is 1. The first-order valence-electron chi connectivity index (χ1n) is 5.50. The fourth-order valence-electron chi connectivity index (χ4n) is 1.17. The Kier molecular flexibility index (Phi) is 6.52. The van der Waals surface area contributed by atoms with Crippen molar-refractivity contribution in [3.63, 3.8) is 0 Å². The molecular weight excluding hydrogens is 194 g/mol. The summed E-state index contributed by atoms with van der Waals surface area (Å²) in [5.41, 5.74) is -0.835. The Morgan fingerprint density at radius 3 is 2.60 bits per heavy atom. The smallest absolute Gasteiger partial charge is 0.323 e. The van der Waals surface area contributed by atoms with Gasteiger partial charge in [-0.15, -0.1) is 0 Å². The first-order chi connectivity index (χ1) is 6.96. The summed E-state index contributed by atoms with van der Waals surface area (Å²) in [6, 6.07) is 0. The molecule has 15 heavy (non-hydrogen) atoms. The number of carbonyl (C=O) groups is 1. The summed E-state index contributed by atoms with van der Waals surface area (Å²) in [4.78, 5) is 10.9. The lowest BCUT2D eigenvalue weighted by molar-refractivity contribution is -0.144. The Labute approximate surface area is 92.0 Å². The van der Waals surface area contributed by atoms with Crippen molar-refractivity contribution in [1.82, 2.24) is 5.32 Å². The van der Waals surface area contributed by atoms with Gasteiger partial charge >= 0.3 is 5.97 Å². The van der Waals surface area contributed by atoms with Crippen molar-refractivity contribution in [3.05, 3.63) is 0 Å². The van der Waals surface area contributed by atoms with Crippen molar-refractivity contribution >= 4 is 5.97 Å². The summed E-state index contributed by atoms with van der Waals surface area (Å²) in [6.07, 6.45) is 2.58. The molecule has 0 bridgehead atoms. The number of rotatable bonds is 8. The van der Waals surface area contributed by atoms with Gasteiger partial charge in [0.05, 0.1) is 6.10 Å². The van der Waals surface area contributed by atoms with Crippen LogP contribution < -0.4 is 5.32 Å². The quantitative estimate of drug-likeness (QED) is 0.607. The number of ether oxygens (including phenoxy) is 1. The summed E-state index contributed by atoms with van der Waals surface area (Å²) < 4.78 is 5.49. The normalized spacial score (nSPS) is 17.1. The van der Waals surface area contributed by atoms with E-state index in [4.69, 9.17) is 9.84 Å². The van der Waals surface area contributed by atoms with Crippen LogP contribution >= 0.6 is 0 Å². The highest BCUT2D eigenvalue weighted by Gasteiger charge is 2.30. The maximum atomic E-state index is 10.9. The molecule has 2 N–H and O–H groups in total. The lowest BCUT2D eigenvalue weighted by Gasteiger charge is -2.24. The molecule has 4 nitrogen and oxygen atoms in total. The summed E-state index contributed by atoms with van der Waals surface area (Å²) in [5.74, 6) is -0.812. The molecule has 0 rings (SSSR count). The van der Waals surface area contributed by atoms with Gasteiger partial charge in [-0.1, -0.05) is 6.92 Å². The third-order valence-electron chi connectivity index (χ3n) is 2.82. The van der Waals surface area contributed by atoms with E-state index in [1.807, 2.05) is 6.92 Å². The van der Waals surface area contributed by atoms with Crippen LogP contribution in [0, 0.1) is 0 Å². The number of nitrogens with one attached hydrogen (secondary N) is 1. The van der Waals surface area contributed by atoms with Gasteiger partial charge in [-0.2, -0.15) is 0 Å². The van der Waals surface area contributed by atoms with Crippen LogP contribution in [0.25, 0.3) is 0 Å². The van der Waals surface area contributed by atoms with Gasteiger partial charge in [0.15, 0.2) is 0 Å². The van der Waals surface area contributed by atoms with Crippen LogP contribution in [0.1, 0.15) is 40.0 Å². The van der Waals surface area contributed by atoms with Crippen molar-refractivity contribution in [2.75, 3.05) is 13.7 Å². The van der Waals surface area contributed by atoms with Crippen molar-refractivity contribution in [2.24, 2.45) is 0 Å². The van der Waals surface area contributed by atoms with Crippen molar-refractivity contribution < 1.29 is 14.6 Å². The minimum atomic E-state index is -0.835. The van der Waals surface area contributed by atoms with E-state index in [0.29, 0.717) is 13.0 Å². The Balaban J connectivity index is 3.78. The molecule has 0 saturated carbocycles. The third-order valence-corrected chi connectivity index (χ3v) is 2.82. The van der Waals surface area contributed by atoms with E-state index in [1.54, 1.807) is 14.0 Å². The van der Waals surface area contributed by atoms with E-state index in [9.17, 15) is 4.79 Å². The second-order valence-corrected chi connectivity index (χ2v) is 4.08. The standard InChI is InChI=1S/C11H23NO3/c1-5-9(2)15-8-6-7-11(3,12-4)10(13)14/h9,12H,5-8H2,1-4H3,(H,13,14). The molecule has 2 unspecified atom stereocenters. The summed E-state index contributed by atoms with van der Waals surface area (Å²) in [5, 5.41) is 11.8. The summed E-state index contributed by atoms with van der Waals surface area (Å²) in [7, 11) is 1.67. The predicted octanol–water partition coefficient (Wildman–Crippen LogP) is 1.64. The fourth-order valence-corrected chi connectivity index (χ4v) is 1.17. The lowest BCUT2D eigenvalue weighted by atomic mass is 9.96. The minimum Gasteiger partial charge on any atom is -0.480 e. The van der Waals surface area contributed by atoms with Gasteiger partial charge in [-0.3, -0.25) is 4.79 Å². The maximum Gasteiger partial charge on any atom is 0.323 e. The van der Waals surface area contributed by atoms with Gasteiger partial charge in [0.1, 0.15) is 5.54 Å². The van der Waals surface area contributed by atoms with Crippen molar-refractivity contribution in [3.8, 4) is 0 Å². The van der Waals surface area contributed by atoms with Gasteiger partial charge in [0.2, 0.25) is 0 Å². The van der Waals surface area contributed by atoms with Crippen LogP contribution in [-0.2, 0) is 9.53 Å². The molecule has 0 radical (unpaired) electrons. The topological polar surface area (TPSA) is 58.6 Å². The van der Waals surface area contributed by atoms with Gasteiger partial charge in [0.25, 0.3) is 0 Å². The summed E-state index contributed by atoms with van der Waals surface area (Å²) >= 11 is 0. The Bertz CT molecular complexity index is 196. The molecule has 2 atom stereocenters. The average molecular weight is 217 g/mol. The largest absolute Gasteiger partial charge is 0.480 e. The van der Waals surface area contributed by atoms with E-state index in [1.165, 1.54) is 0 Å². The zero-order chi connectivity index (χ0) is 11.9. The molecule has 0 aliphatic carbocycles. The molecule has 0 aromatic rings. The van der Waals surface area contributed by atoms with Gasteiger partial charge in [-0.05, 0) is 40.2 Å². The molecule has 4 heteroatoms. The van der Waals surface area contributed by atoms with Crippen molar-refractivity contribution in [2.45, 2.75) is 51.7 Å². The van der Waals surface area contributed by atoms with Gasteiger partial charge < -0.3 is 15.2 Å². The molecule has 0 heterocycles. The SMILES string of the molecule is CCC(C)OCCCC(C)(NC)C(=O)O. The number of likely N-dealkylation sites (N-methyl/N-ethyl adjacent to an activating group) is 1. The first kappa shape index (κ1) is 14.4. The first-order valence-corrected chi connectivity index (χ1v) is 5.50. The predicted molar refractivity (Wildman–Crippen MR) is 60.0 cm³/mol. The molecule has 0 spiro atoms. The monoisotopic (exact) mass is 217 g/mol. The van der Waals surface area contributed by atoms with Crippen molar-refractivity contribution in [1.29, 1.82) is 0 Å². The molecule has 0 aliphatic heterocycles. The molecule has 0 saturated heterocycles. The molecule has 0 amide bonds. The van der Waals surface area contributed by atoms with E-state index in [-0.39, 0.29) is 6.10 Å². The Hall–Kier alpha value is -0.610. The van der Waals surface area contributed by atoms with Crippen LogP contribution in [-0.4, -0.2) is 36.4 Å². The van der Waals surface area contributed by atoms with Gasteiger partial charge in [-0.25, -0.2) is 0 Å². The highest BCUT2D eigenvalue weighted by atomic mass is 16.5. The zero-order valence-electron chi connectivity index (χ0n) is 10.2. The molecule has 90 valence electrons. The van der Waals surface area contributed by atoms with Crippen LogP contribution in [0.3, 0.4) is 0 Å². The molecule has 0 aromatic heterocycles. The highest BCUT2D eigenvalue weighted by molar-refractivity contribution is 5.78. The van der Waals surface area contributed by atoms with Crippen LogP contribution in [0.5, 0.6) is 0 Å². The second kappa shape index (κ2) is 6.80. The zero-order valence-corrected chi connectivity index (χ0v) is 10.2. The minimum absolute atomic E-state index is 0.260. The Morgan fingerprint density at radius 2 is 2.20 bits per heavy atom. The van der Waals surface area contributed by atoms with Crippen LogP contribution in [0.4, 0.5) is 0 Å². The number of hydrogen-bond acceptors (Lipinski definition) is 3. The molecule has 0 aromatic carbocycles. The fraction of sp³-hybridized carbons (Fsp3) is 0.909. The van der Waals surface area contributed by atoms with Gasteiger partial charge in [0, 0.05) is 6.61 Å². The summed E-state index contributed by atoms with van der Waals surface area (Å²) in [6.45, 7) is 6.41. The molecule has 0 aliphatic rings. The second-order valence-electron chi connectivity index (χ2n) is 4.08. The number of aliphatic carboxylic acids is 1. The third kappa shape index (κ3) is 5.14. The van der Waals surface area contributed by atoms with E-state index < -0.39 is 11.5 Å². The lowest BCUT2D eigenvalue weighted by Crippen LogP contribution is -2.47. The molecule has 0 fully saturated rings. The van der Waals surface area contributed by atoms with E-state index >= 15 is 0 Å². The number of hydrogen-bond donors (Lipinski definition) is 2. The number of carboxylic acids is 1.